The van der Waals surface area contributed by atoms with Crippen LogP contribution in [0, 0.1) is 0 Å². The molecule has 0 saturated carbocycles. The molecule has 0 nitrogen and oxygen atoms in total. The van der Waals surface area contributed by atoms with E-state index in [2.05, 4.69) is 103 Å². The maximum atomic E-state index is 4.21. The third-order valence-electron chi connectivity index (χ3n) is 3.76. The first-order valence-electron chi connectivity index (χ1n) is 7.07. The molecule has 0 amide bonds. The van der Waals surface area contributed by atoms with Crippen molar-refractivity contribution in [3.63, 3.8) is 0 Å². The maximum absolute atomic E-state index is 4.21. The molecule has 0 bridgehead atoms. The van der Waals surface area contributed by atoms with E-state index in [0.29, 0.717) is 0 Å². The van der Waals surface area contributed by atoms with Crippen LogP contribution in [0.5, 0.6) is 0 Å². The Labute approximate surface area is 143 Å². The van der Waals surface area contributed by atoms with Crippen LogP contribution < -0.4 is 15.9 Å². The molecule has 0 aromatic heterocycles. The van der Waals surface area contributed by atoms with E-state index < -0.39 is 7.26 Å². The first-order chi connectivity index (χ1) is 10.4. The third kappa shape index (κ3) is 2.92. The van der Waals surface area contributed by atoms with Gasteiger partial charge in [-0.05, 0) is 36.4 Å². The summed E-state index contributed by atoms with van der Waals surface area (Å²) in [7, 11) is -1.77. The van der Waals surface area contributed by atoms with Gasteiger partial charge in [0.15, 0.2) is 0 Å². The summed E-state index contributed by atoms with van der Waals surface area (Å²) < 4.78 is 0. The lowest BCUT2D eigenvalue weighted by molar-refractivity contribution is 1.72. The molecule has 0 heterocycles. The third-order valence-corrected chi connectivity index (χ3v) is 7.65. The van der Waals surface area contributed by atoms with E-state index in [1.807, 2.05) is 0 Å². The number of hydrogen-bond acceptors (Lipinski definition) is 0. The molecular weight excluding hydrogens is 351 g/mol. The van der Waals surface area contributed by atoms with Gasteiger partial charge in [-0.15, -0.1) is 17.0 Å². The van der Waals surface area contributed by atoms with Gasteiger partial charge in [0.05, 0.1) is 5.82 Å². The lowest BCUT2D eigenvalue weighted by Crippen LogP contribution is -2.29. The summed E-state index contributed by atoms with van der Waals surface area (Å²) in [6.45, 7) is 4.21. The van der Waals surface area contributed by atoms with E-state index in [1.54, 1.807) is 0 Å². The predicted octanol–water partition coefficient (Wildman–Crippen LogP) is 4.70. The Balaban J connectivity index is 0.00000176. The van der Waals surface area contributed by atoms with E-state index >= 15 is 0 Å². The molecule has 3 rings (SSSR count). The molecule has 0 saturated heterocycles. The van der Waals surface area contributed by atoms with Crippen molar-refractivity contribution in [2.24, 2.45) is 0 Å². The minimum absolute atomic E-state index is 0. The van der Waals surface area contributed by atoms with Crippen molar-refractivity contribution >= 4 is 40.2 Å². The molecule has 0 atom stereocenters. The van der Waals surface area contributed by atoms with Gasteiger partial charge in [-0.25, -0.2) is 0 Å². The minimum Gasteiger partial charge on any atom is -0.114 e. The van der Waals surface area contributed by atoms with Crippen LogP contribution >= 0.6 is 24.2 Å². The second-order valence-corrected chi connectivity index (χ2v) is 8.27. The van der Waals surface area contributed by atoms with Crippen LogP contribution in [-0.4, -0.2) is 0 Å². The van der Waals surface area contributed by atoms with Crippen molar-refractivity contribution < 1.29 is 0 Å². The summed E-state index contributed by atoms with van der Waals surface area (Å²) in [6.07, 6.45) is 0. The van der Waals surface area contributed by atoms with Crippen LogP contribution in [0.3, 0.4) is 0 Å². The molecule has 0 N–H and O–H groups in total. The fourth-order valence-corrected chi connectivity index (χ4v) is 6.21. The summed E-state index contributed by atoms with van der Waals surface area (Å²) >= 11 is 0. The molecule has 0 spiro atoms. The van der Waals surface area contributed by atoms with Crippen LogP contribution in [0.4, 0.5) is 0 Å². The lowest BCUT2D eigenvalue weighted by atomic mass is 10.4. The van der Waals surface area contributed by atoms with E-state index in [0.717, 1.165) is 0 Å². The summed E-state index contributed by atoms with van der Waals surface area (Å²) in [5.74, 6) is 2.16. The Morgan fingerprint density at radius 2 is 0.818 bits per heavy atom. The largest absolute Gasteiger partial charge is 0.136 e. The Morgan fingerprint density at radius 1 is 0.545 bits per heavy atom. The zero-order chi connectivity index (χ0) is 14.5. The number of rotatable bonds is 4. The van der Waals surface area contributed by atoms with Crippen molar-refractivity contribution in [1.82, 2.24) is 0 Å². The van der Waals surface area contributed by atoms with Crippen LogP contribution in [-0.2, 0) is 0 Å². The zero-order valence-electron chi connectivity index (χ0n) is 12.3. The van der Waals surface area contributed by atoms with Gasteiger partial charge in [-0.3, -0.25) is 0 Å². The Morgan fingerprint density at radius 3 is 1.05 bits per heavy atom. The van der Waals surface area contributed by atoms with E-state index in [-0.39, 0.29) is 17.0 Å². The van der Waals surface area contributed by atoms with Gasteiger partial charge in [0.1, 0.15) is 23.2 Å². The molecular formula is C20H19BrP+. The lowest BCUT2D eigenvalue weighted by Gasteiger charge is -2.23. The second kappa shape index (κ2) is 7.54. The molecule has 110 valence electrons. The Bertz CT molecular complexity index is 612. The van der Waals surface area contributed by atoms with Gasteiger partial charge < -0.3 is 0 Å². The van der Waals surface area contributed by atoms with Crippen LogP contribution in [0.15, 0.2) is 103 Å². The highest BCUT2D eigenvalue weighted by Gasteiger charge is 2.42. The van der Waals surface area contributed by atoms with E-state index in [4.69, 9.17) is 0 Å². The van der Waals surface area contributed by atoms with Crippen molar-refractivity contribution in [3.05, 3.63) is 103 Å². The molecule has 0 fully saturated rings. The molecule has 0 aliphatic heterocycles. The number of halogens is 1. The van der Waals surface area contributed by atoms with Crippen molar-refractivity contribution in [1.29, 1.82) is 0 Å². The predicted molar refractivity (Wildman–Crippen MR) is 106 cm³/mol. The average Bonchev–Trinajstić information content (AvgIpc) is 2.59. The van der Waals surface area contributed by atoms with E-state index in [1.165, 1.54) is 15.9 Å². The van der Waals surface area contributed by atoms with Crippen molar-refractivity contribution in [2.45, 2.75) is 0 Å². The first-order valence-corrected chi connectivity index (χ1v) is 8.93. The van der Waals surface area contributed by atoms with Gasteiger partial charge in [-0.2, -0.15) is 0 Å². The van der Waals surface area contributed by atoms with Crippen LogP contribution in [0.25, 0.3) is 0 Å². The number of hydrogen-bond donors (Lipinski definition) is 0. The van der Waals surface area contributed by atoms with Gasteiger partial charge >= 0.3 is 0 Å². The number of benzene rings is 3. The quantitative estimate of drug-likeness (QED) is 0.584. The molecule has 0 aliphatic carbocycles. The summed E-state index contributed by atoms with van der Waals surface area (Å²) in [4.78, 5) is 0. The van der Waals surface area contributed by atoms with Gasteiger partial charge in [-0.1, -0.05) is 61.2 Å². The van der Waals surface area contributed by atoms with Crippen LogP contribution in [0.2, 0.25) is 0 Å². The molecule has 0 radical (unpaired) electrons. The normalized spacial score (nSPS) is 10.5. The van der Waals surface area contributed by atoms with Gasteiger partial charge in [0.25, 0.3) is 0 Å². The molecule has 3 aromatic carbocycles. The Kier molecular flexibility index (Phi) is 5.71. The monoisotopic (exact) mass is 369 g/mol. The zero-order valence-corrected chi connectivity index (χ0v) is 14.9. The highest BCUT2D eigenvalue weighted by molar-refractivity contribution is 8.93. The fourth-order valence-electron chi connectivity index (χ4n) is 2.75. The van der Waals surface area contributed by atoms with Crippen molar-refractivity contribution in [2.75, 3.05) is 0 Å². The first kappa shape index (κ1) is 16.7. The van der Waals surface area contributed by atoms with Gasteiger partial charge in [0, 0.05) is 0 Å². The fraction of sp³-hybridized carbons (Fsp3) is 0. The second-order valence-electron chi connectivity index (χ2n) is 4.91. The molecule has 3 aromatic rings. The molecule has 2 heteroatoms. The standard InChI is InChI=1S/C20H18P.BrH/c1-2-21(18-12-6-3-7-13-18,19-14-8-4-9-15-19)20-16-10-5-11-17-20;/h2-17H,1H2;1H/q+1;. The summed E-state index contributed by atoms with van der Waals surface area (Å²) in [5, 5.41) is 4.03. The molecule has 0 unspecified atom stereocenters. The SMILES string of the molecule is Br.C=C[P+](c1ccccc1)(c1ccccc1)c1ccccc1. The topological polar surface area (TPSA) is 0 Å². The Hall–Kier alpha value is -1.69. The average molecular weight is 370 g/mol. The van der Waals surface area contributed by atoms with Crippen molar-refractivity contribution in [3.8, 4) is 0 Å². The highest BCUT2D eigenvalue weighted by Crippen LogP contribution is 2.56. The van der Waals surface area contributed by atoms with Crippen LogP contribution in [0.1, 0.15) is 0 Å². The summed E-state index contributed by atoms with van der Waals surface area (Å²) in [5.41, 5.74) is 0. The smallest absolute Gasteiger partial charge is 0.114 e. The highest BCUT2D eigenvalue weighted by atomic mass is 79.9. The minimum atomic E-state index is -1.77. The molecule has 22 heavy (non-hydrogen) atoms. The maximum Gasteiger partial charge on any atom is 0.136 e. The van der Waals surface area contributed by atoms with E-state index in [9.17, 15) is 0 Å². The van der Waals surface area contributed by atoms with Gasteiger partial charge in [0.2, 0.25) is 0 Å². The summed E-state index contributed by atoms with van der Waals surface area (Å²) in [6, 6.07) is 32.2. The molecule has 0 aliphatic rings.